The molecule has 0 saturated carbocycles. The lowest BCUT2D eigenvalue weighted by Gasteiger charge is -2.26. The Morgan fingerprint density at radius 3 is 2.33 bits per heavy atom. The van der Waals surface area contributed by atoms with Gasteiger partial charge in [0, 0.05) is 18.8 Å². The summed E-state index contributed by atoms with van der Waals surface area (Å²) in [6.45, 7) is 4.53. The Balaban J connectivity index is 2.04. The largest absolute Gasteiger partial charge is 0.312 e. The summed E-state index contributed by atoms with van der Waals surface area (Å²) in [4.78, 5) is 14.4. The van der Waals surface area contributed by atoms with Gasteiger partial charge in [0.15, 0.2) is 0 Å². The summed E-state index contributed by atoms with van der Waals surface area (Å²) in [5.74, 6) is -0.215. The predicted octanol–water partition coefficient (Wildman–Crippen LogP) is 3.24. The normalized spacial score (nSPS) is 11.6. The van der Waals surface area contributed by atoms with Crippen LogP contribution in [0, 0.1) is 6.92 Å². The number of rotatable bonds is 9. The highest BCUT2D eigenvalue weighted by Gasteiger charge is 2.23. The summed E-state index contributed by atoms with van der Waals surface area (Å²) >= 11 is 0. The predicted molar refractivity (Wildman–Crippen MR) is 110 cm³/mol. The van der Waals surface area contributed by atoms with Crippen molar-refractivity contribution in [2.24, 2.45) is 0 Å². The molecule has 0 aliphatic carbocycles. The van der Waals surface area contributed by atoms with Crippen LogP contribution in [0.1, 0.15) is 24.5 Å². The maximum absolute atomic E-state index is 12.8. The summed E-state index contributed by atoms with van der Waals surface area (Å²) < 4.78 is 25.6. The smallest absolute Gasteiger partial charge is 0.242 e. The molecule has 2 rings (SSSR count). The average Bonchev–Trinajstić information content (AvgIpc) is 2.61. The zero-order valence-corrected chi connectivity index (χ0v) is 17.1. The van der Waals surface area contributed by atoms with Crippen LogP contribution in [0.2, 0.25) is 0 Å². The van der Waals surface area contributed by atoms with Crippen molar-refractivity contribution in [3.63, 3.8) is 0 Å². The number of carbonyl (C=O) groups excluding carboxylic acids is 1. The minimum Gasteiger partial charge on any atom is -0.312 e. The zero-order valence-electron chi connectivity index (χ0n) is 16.3. The molecular weight excluding hydrogens is 360 g/mol. The lowest BCUT2D eigenvalue weighted by Crippen LogP contribution is -2.43. The minimum atomic E-state index is -3.46. The molecule has 0 N–H and O–H groups in total. The Bertz CT molecular complexity index is 851. The van der Waals surface area contributed by atoms with Gasteiger partial charge in [-0.3, -0.25) is 4.79 Å². The average molecular weight is 389 g/mol. The Morgan fingerprint density at radius 2 is 1.74 bits per heavy atom. The van der Waals surface area contributed by atoms with Gasteiger partial charge in [0.05, 0.1) is 12.8 Å². The number of anilines is 1. The summed E-state index contributed by atoms with van der Waals surface area (Å²) in [6, 6.07) is 17.6. The molecule has 146 valence electrons. The van der Waals surface area contributed by atoms with Crippen molar-refractivity contribution in [3.05, 3.63) is 65.7 Å². The van der Waals surface area contributed by atoms with Crippen molar-refractivity contribution in [3.8, 4) is 0 Å². The lowest BCUT2D eigenvalue weighted by molar-refractivity contribution is -0.118. The summed E-state index contributed by atoms with van der Waals surface area (Å²) in [7, 11) is -3.46. The summed E-state index contributed by atoms with van der Waals surface area (Å²) in [5.41, 5.74) is 3.01. The van der Waals surface area contributed by atoms with Gasteiger partial charge in [-0.05, 0) is 49.9 Å². The van der Waals surface area contributed by atoms with Crippen LogP contribution in [0.15, 0.2) is 54.6 Å². The SMILES string of the molecule is CCN(C(=O)CN(CCCc1ccccc1)S(C)(=O)=O)c1cccc(C)c1. The van der Waals surface area contributed by atoms with E-state index in [0.29, 0.717) is 19.5 Å². The summed E-state index contributed by atoms with van der Waals surface area (Å²) in [5, 5.41) is 0. The molecule has 0 aliphatic rings. The molecular formula is C21H28N2O3S. The molecule has 2 aromatic rings. The van der Waals surface area contributed by atoms with Crippen LogP contribution in [-0.4, -0.2) is 44.5 Å². The maximum Gasteiger partial charge on any atom is 0.242 e. The number of benzene rings is 2. The Hall–Kier alpha value is -2.18. The third-order valence-electron chi connectivity index (χ3n) is 4.43. The third-order valence-corrected chi connectivity index (χ3v) is 5.68. The van der Waals surface area contributed by atoms with Gasteiger partial charge < -0.3 is 4.90 Å². The van der Waals surface area contributed by atoms with Gasteiger partial charge in [0.25, 0.3) is 0 Å². The fourth-order valence-corrected chi connectivity index (χ4v) is 3.81. The van der Waals surface area contributed by atoms with E-state index < -0.39 is 10.0 Å². The Morgan fingerprint density at radius 1 is 1.04 bits per heavy atom. The van der Waals surface area contributed by atoms with Crippen LogP contribution in [0.25, 0.3) is 0 Å². The lowest BCUT2D eigenvalue weighted by atomic mass is 10.1. The van der Waals surface area contributed by atoms with Crippen LogP contribution < -0.4 is 4.90 Å². The number of sulfonamides is 1. The zero-order chi connectivity index (χ0) is 19.9. The van der Waals surface area contributed by atoms with E-state index in [2.05, 4.69) is 0 Å². The maximum atomic E-state index is 12.8. The number of hydrogen-bond acceptors (Lipinski definition) is 3. The third kappa shape index (κ3) is 6.48. The fraction of sp³-hybridized carbons (Fsp3) is 0.381. The topological polar surface area (TPSA) is 57.7 Å². The van der Waals surface area contributed by atoms with Gasteiger partial charge in [0.1, 0.15) is 0 Å². The number of likely N-dealkylation sites (N-methyl/N-ethyl adjacent to an activating group) is 1. The molecule has 0 heterocycles. The van der Waals surface area contributed by atoms with E-state index in [-0.39, 0.29) is 12.5 Å². The number of carbonyl (C=O) groups is 1. The highest BCUT2D eigenvalue weighted by molar-refractivity contribution is 7.88. The molecule has 0 unspecified atom stereocenters. The quantitative estimate of drug-likeness (QED) is 0.663. The molecule has 2 aromatic carbocycles. The standard InChI is InChI=1S/C21H28N2O3S/c1-4-23(20-14-8-10-18(2)16-20)21(24)17-22(27(3,25)26)15-9-13-19-11-6-5-7-12-19/h5-8,10-12,14,16H,4,9,13,15,17H2,1-3H3. The van der Waals surface area contributed by atoms with Gasteiger partial charge in [-0.25, -0.2) is 8.42 Å². The van der Waals surface area contributed by atoms with Crippen molar-refractivity contribution >= 4 is 21.6 Å². The molecule has 6 heteroatoms. The van der Waals surface area contributed by atoms with Gasteiger partial charge >= 0.3 is 0 Å². The number of amides is 1. The van der Waals surface area contributed by atoms with Crippen molar-refractivity contribution in [2.45, 2.75) is 26.7 Å². The second-order valence-corrected chi connectivity index (χ2v) is 8.65. The van der Waals surface area contributed by atoms with Crippen LogP contribution in [-0.2, 0) is 21.2 Å². The number of aryl methyl sites for hydroxylation is 2. The molecule has 27 heavy (non-hydrogen) atoms. The first-order valence-electron chi connectivity index (χ1n) is 9.17. The molecule has 0 fully saturated rings. The van der Waals surface area contributed by atoms with Crippen LogP contribution in [0.4, 0.5) is 5.69 Å². The highest BCUT2D eigenvalue weighted by Crippen LogP contribution is 2.17. The van der Waals surface area contributed by atoms with Crippen LogP contribution in [0.3, 0.4) is 0 Å². The van der Waals surface area contributed by atoms with E-state index >= 15 is 0 Å². The van der Waals surface area contributed by atoms with Crippen LogP contribution in [0.5, 0.6) is 0 Å². The molecule has 0 atom stereocenters. The van der Waals surface area contributed by atoms with E-state index in [1.165, 1.54) is 4.31 Å². The Kier molecular flexibility index (Phi) is 7.56. The molecule has 0 spiro atoms. The molecule has 0 radical (unpaired) electrons. The Labute approximate surface area is 162 Å². The molecule has 1 amide bonds. The van der Waals surface area contributed by atoms with E-state index in [1.54, 1.807) is 4.90 Å². The molecule has 0 aromatic heterocycles. The second-order valence-electron chi connectivity index (χ2n) is 6.66. The van der Waals surface area contributed by atoms with Crippen molar-refractivity contribution < 1.29 is 13.2 Å². The van der Waals surface area contributed by atoms with E-state index in [9.17, 15) is 13.2 Å². The first kappa shape index (κ1) is 21.1. The van der Waals surface area contributed by atoms with Crippen LogP contribution >= 0.6 is 0 Å². The first-order chi connectivity index (χ1) is 12.8. The van der Waals surface area contributed by atoms with E-state index in [0.717, 1.165) is 29.5 Å². The first-order valence-corrected chi connectivity index (χ1v) is 11.0. The highest BCUT2D eigenvalue weighted by atomic mass is 32.2. The van der Waals surface area contributed by atoms with Crippen molar-refractivity contribution in [1.29, 1.82) is 0 Å². The second kappa shape index (κ2) is 9.67. The minimum absolute atomic E-state index is 0.143. The van der Waals surface area contributed by atoms with Crippen molar-refractivity contribution in [1.82, 2.24) is 4.31 Å². The molecule has 0 saturated heterocycles. The van der Waals surface area contributed by atoms with Gasteiger partial charge in [-0.1, -0.05) is 42.5 Å². The number of hydrogen-bond donors (Lipinski definition) is 0. The van der Waals surface area contributed by atoms with Gasteiger partial charge in [-0.2, -0.15) is 4.31 Å². The number of nitrogens with zero attached hydrogens (tertiary/aromatic N) is 2. The molecule has 5 nitrogen and oxygen atoms in total. The molecule has 0 aliphatic heterocycles. The summed E-state index contributed by atoms with van der Waals surface area (Å²) in [6.07, 6.45) is 2.60. The van der Waals surface area contributed by atoms with Gasteiger partial charge in [0.2, 0.25) is 15.9 Å². The van der Waals surface area contributed by atoms with E-state index in [4.69, 9.17) is 0 Å². The van der Waals surface area contributed by atoms with E-state index in [1.807, 2.05) is 68.4 Å². The van der Waals surface area contributed by atoms with Crippen molar-refractivity contribution in [2.75, 3.05) is 30.8 Å². The fourth-order valence-electron chi connectivity index (χ4n) is 3.00. The monoisotopic (exact) mass is 388 g/mol. The molecule has 0 bridgehead atoms. The van der Waals surface area contributed by atoms with Gasteiger partial charge in [-0.15, -0.1) is 0 Å².